The van der Waals surface area contributed by atoms with Crippen molar-refractivity contribution in [3.05, 3.63) is 65.2 Å². The highest BCUT2D eigenvalue weighted by Gasteiger charge is 2.16. The van der Waals surface area contributed by atoms with Crippen molar-refractivity contribution >= 4 is 0 Å². The van der Waals surface area contributed by atoms with E-state index in [4.69, 9.17) is 4.74 Å². The second-order valence-electron chi connectivity index (χ2n) is 4.75. The number of ether oxygens (including phenoxy) is 1. The summed E-state index contributed by atoms with van der Waals surface area (Å²) in [6, 6.07) is 11.3. The largest absolute Gasteiger partial charge is 0.494 e. The van der Waals surface area contributed by atoms with E-state index < -0.39 is 11.6 Å². The van der Waals surface area contributed by atoms with Crippen LogP contribution in [0.5, 0.6) is 5.75 Å². The zero-order valence-corrected chi connectivity index (χ0v) is 12.2. The van der Waals surface area contributed by atoms with Gasteiger partial charge in [-0.2, -0.15) is 0 Å². The van der Waals surface area contributed by atoms with Crippen LogP contribution >= 0.6 is 0 Å². The highest BCUT2D eigenvalue weighted by molar-refractivity contribution is 5.31. The van der Waals surface area contributed by atoms with E-state index in [-0.39, 0.29) is 18.0 Å². The summed E-state index contributed by atoms with van der Waals surface area (Å²) in [6.07, 6.45) is 0.253. The molecule has 0 spiro atoms. The predicted molar refractivity (Wildman–Crippen MR) is 79.5 cm³/mol. The van der Waals surface area contributed by atoms with Crippen LogP contribution in [0.3, 0.4) is 0 Å². The van der Waals surface area contributed by atoms with Crippen molar-refractivity contribution in [3.8, 4) is 5.75 Å². The number of likely N-dealkylation sites (N-methyl/N-ethyl adjacent to an activating group) is 1. The van der Waals surface area contributed by atoms with Crippen LogP contribution in [-0.2, 0) is 6.42 Å². The van der Waals surface area contributed by atoms with Gasteiger partial charge < -0.3 is 10.1 Å². The SMILES string of the molecule is CCOc1ccc(C(Cc2c(F)cccc2F)NC)cc1. The fourth-order valence-corrected chi connectivity index (χ4v) is 2.28. The fraction of sp³-hybridized carbons (Fsp3) is 0.294. The van der Waals surface area contributed by atoms with Gasteiger partial charge in [0.1, 0.15) is 17.4 Å². The molecule has 0 aromatic heterocycles. The van der Waals surface area contributed by atoms with E-state index in [9.17, 15) is 8.78 Å². The van der Waals surface area contributed by atoms with Crippen molar-refractivity contribution in [2.45, 2.75) is 19.4 Å². The highest BCUT2D eigenvalue weighted by atomic mass is 19.1. The van der Waals surface area contributed by atoms with Crippen LogP contribution in [0.15, 0.2) is 42.5 Å². The molecule has 2 nitrogen and oxygen atoms in total. The fourth-order valence-electron chi connectivity index (χ4n) is 2.28. The normalized spacial score (nSPS) is 12.2. The Bertz CT molecular complexity index is 564. The minimum absolute atomic E-state index is 0.103. The van der Waals surface area contributed by atoms with Crippen LogP contribution in [0.1, 0.15) is 24.1 Å². The third-order valence-electron chi connectivity index (χ3n) is 3.41. The first-order valence-electron chi connectivity index (χ1n) is 6.98. The average Bonchev–Trinajstić information content (AvgIpc) is 2.49. The molecule has 0 aliphatic carbocycles. The second kappa shape index (κ2) is 7.18. The van der Waals surface area contributed by atoms with E-state index in [1.54, 1.807) is 7.05 Å². The van der Waals surface area contributed by atoms with Gasteiger partial charge >= 0.3 is 0 Å². The number of hydrogen-bond acceptors (Lipinski definition) is 2. The standard InChI is InChI=1S/C17H19F2NO/c1-3-21-13-9-7-12(8-10-13)17(20-2)11-14-15(18)5-4-6-16(14)19/h4-10,17,20H,3,11H2,1-2H3. The summed E-state index contributed by atoms with van der Waals surface area (Å²) in [6.45, 7) is 2.53. The summed E-state index contributed by atoms with van der Waals surface area (Å²) in [7, 11) is 1.78. The molecule has 0 aliphatic rings. The van der Waals surface area contributed by atoms with Gasteiger partial charge in [-0.1, -0.05) is 18.2 Å². The van der Waals surface area contributed by atoms with Crippen LogP contribution in [0.25, 0.3) is 0 Å². The van der Waals surface area contributed by atoms with Gasteiger partial charge in [0.05, 0.1) is 6.61 Å². The molecule has 2 rings (SSSR count). The molecule has 1 N–H and O–H groups in total. The number of nitrogens with one attached hydrogen (secondary N) is 1. The van der Waals surface area contributed by atoms with Crippen molar-refractivity contribution in [2.75, 3.05) is 13.7 Å². The molecule has 21 heavy (non-hydrogen) atoms. The molecule has 2 aromatic carbocycles. The Morgan fingerprint density at radius 3 is 2.19 bits per heavy atom. The minimum atomic E-state index is -0.513. The third-order valence-corrected chi connectivity index (χ3v) is 3.41. The van der Waals surface area contributed by atoms with E-state index >= 15 is 0 Å². The Morgan fingerprint density at radius 2 is 1.67 bits per heavy atom. The Hall–Kier alpha value is -1.94. The molecule has 0 radical (unpaired) electrons. The van der Waals surface area contributed by atoms with Crippen LogP contribution in [-0.4, -0.2) is 13.7 Å². The molecule has 112 valence electrons. The maximum absolute atomic E-state index is 13.7. The first-order valence-corrected chi connectivity index (χ1v) is 6.98. The van der Waals surface area contributed by atoms with Crippen LogP contribution in [0.4, 0.5) is 8.78 Å². The summed E-state index contributed by atoms with van der Waals surface area (Å²) >= 11 is 0. The molecule has 0 fully saturated rings. The quantitative estimate of drug-likeness (QED) is 0.872. The van der Waals surface area contributed by atoms with Gasteiger partial charge in [0.25, 0.3) is 0 Å². The smallest absolute Gasteiger partial charge is 0.129 e. The minimum Gasteiger partial charge on any atom is -0.494 e. The zero-order valence-electron chi connectivity index (χ0n) is 12.2. The molecule has 0 heterocycles. The maximum atomic E-state index is 13.7. The van der Waals surface area contributed by atoms with Gasteiger partial charge in [-0.3, -0.25) is 0 Å². The summed E-state index contributed by atoms with van der Waals surface area (Å²) in [5.74, 6) is -0.240. The molecule has 0 amide bonds. The lowest BCUT2D eigenvalue weighted by Crippen LogP contribution is -2.20. The van der Waals surface area contributed by atoms with Gasteiger partial charge in [-0.15, -0.1) is 0 Å². The van der Waals surface area contributed by atoms with E-state index in [1.807, 2.05) is 31.2 Å². The topological polar surface area (TPSA) is 21.3 Å². The van der Waals surface area contributed by atoms with Crippen LogP contribution < -0.4 is 10.1 Å². The summed E-state index contributed by atoms with van der Waals surface area (Å²) in [5, 5.41) is 3.10. The number of hydrogen-bond donors (Lipinski definition) is 1. The van der Waals surface area contributed by atoms with Gasteiger partial charge in [0.15, 0.2) is 0 Å². The van der Waals surface area contributed by atoms with Crippen molar-refractivity contribution in [1.82, 2.24) is 5.32 Å². The Labute approximate surface area is 123 Å². The summed E-state index contributed by atoms with van der Waals surface area (Å²) < 4.78 is 32.9. The first kappa shape index (κ1) is 15.4. The Balaban J connectivity index is 2.19. The molecule has 0 aliphatic heterocycles. The molecule has 0 saturated carbocycles. The summed E-state index contributed by atoms with van der Waals surface area (Å²) in [5.41, 5.74) is 1.06. The van der Waals surface area contributed by atoms with E-state index in [0.717, 1.165) is 11.3 Å². The van der Waals surface area contributed by atoms with Gasteiger partial charge in [-0.25, -0.2) is 8.78 Å². The van der Waals surface area contributed by atoms with E-state index in [0.29, 0.717) is 6.61 Å². The average molecular weight is 291 g/mol. The predicted octanol–water partition coefficient (Wildman–Crippen LogP) is 3.87. The van der Waals surface area contributed by atoms with Crippen molar-refractivity contribution in [3.63, 3.8) is 0 Å². The highest BCUT2D eigenvalue weighted by Crippen LogP contribution is 2.23. The second-order valence-corrected chi connectivity index (χ2v) is 4.75. The lowest BCUT2D eigenvalue weighted by molar-refractivity contribution is 0.340. The number of halogens is 2. The molecule has 1 atom stereocenters. The third kappa shape index (κ3) is 3.79. The van der Waals surface area contributed by atoms with Crippen molar-refractivity contribution < 1.29 is 13.5 Å². The van der Waals surface area contributed by atoms with Crippen molar-refractivity contribution in [2.24, 2.45) is 0 Å². The van der Waals surface area contributed by atoms with Crippen LogP contribution in [0.2, 0.25) is 0 Å². The Morgan fingerprint density at radius 1 is 1.05 bits per heavy atom. The lowest BCUT2D eigenvalue weighted by Gasteiger charge is -2.18. The molecular weight excluding hydrogens is 272 g/mol. The lowest BCUT2D eigenvalue weighted by atomic mass is 9.98. The van der Waals surface area contributed by atoms with E-state index in [1.165, 1.54) is 18.2 Å². The zero-order chi connectivity index (χ0) is 15.2. The number of benzene rings is 2. The first-order chi connectivity index (χ1) is 10.2. The summed E-state index contributed by atoms with van der Waals surface area (Å²) in [4.78, 5) is 0. The van der Waals surface area contributed by atoms with Gasteiger partial charge in [0, 0.05) is 11.6 Å². The van der Waals surface area contributed by atoms with Gasteiger partial charge in [-0.05, 0) is 50.2 Å². The molecule has 2 aromatic rings. The number of rotatable bonds is 6. The van der Waals surface area contributed by atoms with Crippen molar-refractivity contribution in [1.29, 1.82) is 0 Å². The molecule has 0 bridgehead atoms. The van der Waals surface area contributed by atoms with E-state index in [2.05, 4.69) is 5.32 Å². The van der Waals surface area contributed by atoms with Crippen LogP contribution in [0, 0.1) is 11.6 Å². The van der Waals surface area contributed by atoms with Gasteiger partial charge in [0.2, 0.25) is 0 Å². The monoisotopic (exact) mass is 291 g/mol. The molecular formula is C17H19F2NO. The maximum Gasteiger partial charge on any atom is 0.129 e. The molecule has 0 saturated heterocycles. The molecule has 4 heteroatoms. The Kier molecular flexibility index (Phi) is 5.28. The molecule has 1 unspecified atom stereocenters.